The molecule has 2 aliphatic rings. The second kappa shape index (κ2) is 9.33. The largest absolute Gasteiger partial charge is 0.314 e. The molecule has 2 N–H and O–H groups in total. The van der Waals surface area contributed by atoms with E-state index in [1.807, 2.05) is 0 Å². The zero-order chi connectivity index (χ0) is 12.1. The van der Waals surface area contributed by atoms with Gasteiger partial charge in [-0.1, -0.05) is 0 Å². The van der Waals surface area contributed by atoms with Crippen molar-refractivity contribution in [2.75, 3.05) is 52.4 Å². The summed E-state index contributed by atoms with van der Waals surface area (Å²) in [5.41, 5.74) is 0. The van der Waals surface area contributed by atoms with Crippen molar-refractivity contribution in [3.05, 3.63) is 0 Å². The first-order valence-corrected chi connectivity index (χ1v) is 7.80. The number of hydrogen-bond donors (Lipinski definition) is 2. The maximum absolute atomic E-state index is 11.9. The van der Waals surface area contributed by atoms with Gasteiger partial charge in [-0.25, -0.2) is 4.72 Å². The van der Waals surface area contributed by atoms with Crippen LogP contribution in [0.2, 0.25) is 0 Å². The van der Waals surface area contributed by atoms with Gasteiger partial charge in [0.25, 0.3) is 10.2 Å². The third kappa shape index (κ3) is 6.12. The second-order valence-electron chi connectivity index (χ2n) is 4.60. The molecule has 2 fully saturated rings. The van der Waals surface area contributed by atoms with Crippen LogP contribution in [0.4, 0.5) is 0 Å². The molecule has 2 aliphatic heterocycles. The van der Waals surface area contributed by atoms with Crippen molar-refractivity contribution in [3.63, 3.8) is 0 Å². The van der Waals surface area contributed by atoms with E-state index in [0.717, 1.165) is 45.6 Å². The Labute approximate surface area is 128 Å². The molecule has 6 nitrogen and oxygen atoms in total. The number of piperazine rings is 1. The summed E-state index contributed by atoms with van der Waals surface area (Å²) in [4.78, 5) is 2.28. The van der Waals surface area contributed by atoms with E-state index >= 15 is 0 Å². The molecule has 0 unspecified atom stereocenters. The smallest absolute Gasteiger partial charge is 0.279 e. The molecule has 0 bridgehead atoms. The molecule has 116 valence electrons. The lowest BCUT2D eigenvalue weighted by molar-refractivity contribution is 0.244. The lowest BCUT2D eigenvalue weighted by Gasteiger charge is -2.27. The predicted octanol–water partition coefficient (Wildman–Crippen LogP) is -0.335. The Morgan fingerprint density at radius 3 is 2.16 bits per heavy atom. The Hall–Kier alpha value is 0.370. The molecule has 0 saturated carbocycles. The molecular formula is C10H24Cl2N4O2S. The molecule has 0 aromatic heterocycles. The summed E-state index contributed by atoms with van der Waals surface area (Å²) in [6.45, 7) is 6.66. The second-order valence-corrected chi connectivity index (χ2v) is 6.35. The highest BCUT2D eigenvalue weighted by atomic mass is 35.5. The van der Waals surface area contributed by atoms with Crippen molar-refractivity contribution in [2.24, 2.45) is 0 Å². The van der Waals surface area contributed by atoms with E-state index in [4.69, 9.17) is 0 Å². The van der Waals surface area contributed by atoms with Gasteiger partial charge in [-0.15, -0.1) is 24.8 Å². The van der Waals surface area contributed by atoms with Crippen molar-refractivity contribution < 1.29 is 8.42 Å². The van der Waals surface area contributed by atoms with E-state index in [0.29, 0.717) is 19.6 Å². The molecule has 2 rings (SSSR count). The molecule has 9 heteroatoms. The zero-order valence-electron chi connectivity index (χ0n) is 11.0. The first-order chi connectivity index (χ1) is 8.18. The number of hydrogen-bond acceptors (Lipinski definition) is 4. The summed E-state index contributed by atoms with van der Waals surface area (Å²) < 4.78 is 27.9. The Bertz CT molecular complexity index is 330. The van der Waals surface area contributed by atoms with Gasteiger partial charge in [-0.3, -0.25) is 4.90 Å². The van der Waals surface area contributed by atoms with Crippen molar-refractivity contribution in [3.8, 4) is 0 Å². The number of rotatable bonds is 5. The summed E-state index contributed by atoms with van der Waals surface area (Å²) >= 11 is 0. The molecule has 0 amide bonds. The summed E-state index contributed by atoms with van der Waals surface area (Å²) in [6.07, 6.45) is 1.97. The van der Waals surface area contributed by atoms with Crippen LogP contribution >= 0.6 is 24.8 Å². The topological polar surface area (TPSA) is 64.7 Å². The van der Waals surface area contributed by atoms with Crippen LogP contribution in [0.25, 0.3) is 0 Å². The number of halogens is 2. The van der Waals surface area contributed by atoms with Crippen LogP contribution in [0.1, 0.15) is 12.8 Å². The normalized spacial score (nSPS) is 21.7. The summed E-state index contributed by atoms with van der Waals surface area (Å²) in [7, 11) is -3.22. The van der Waals surface area contributed by atoms with Gasteiger partial charge in [0.1, 0.15) is 0 Å². The van der Waals surface area contributed by atoms with E-state index < -0.39 is 10.2 Å². The van der Waals surface area contributed by atoms with E-state index in [9.17, 15) is 8.42 Å². The quantitative estimate of drug-likeness (QED) is 0.722. The van der Waals surface area contributed by atoms with Crippen molar-refractivity contribution >= 4 is 35.0 Å². The van der Waals surface area contributed by atoms with Crippen LogP contribution < -0.4 is 10.0 Å². The Kier molecular flexibility index (Phi) is 9.51. The SMILES string of the molecule is Cl.Cl.O=S(=O)(NCCN1CCNCC1)N1CCCC1. The zero-order valence-corrected chi connectivity index (χ0v) is 13.5. The highest BCUT2D eigenvalue weighted by Crippen LogP contribution is 2.10. The maximum atomic E-state index is 11.9. The summed E-state index contributed by atoms with van der Waals surface area (Å²) in [6, 6.07) is 0. The van der Waals surface area contributed by atoms with E-state index in [2.05, 4.69) is 14.9 Å². The minimum atomic E-state index is -3.22. The highest BCUT2D eigenvalue weighted by molar-refractivity contribution is 7.87. The van der Waals surface area contributed by atoms with E-state index in [1.54, 1.807) is 4.31 Å². The monoisotopic (exact) mass is 334 g/mol. The molecule has 0 aliphatic carbocycles. The molecule has 0 spiro atoms. The summed E-state index contributed by atoms with van der Waals surface area (Å²) in [5.74, 6) is 0. The third-order valence-corrected chi connectivity index (χ3v) is 4.94. The van der Waals surface area contributed by atoms with Gasteiger partial charge in [0, 0.05) is 52.4 Å². The van der Waals surface area contributed by atoms with Crippen LogP contribution in [0.5, 0.6) is 0 Å². The van der Waals surface area contributed by atoms with Gasteiger partial charge in [0.05, 0.1) is 0 Å². The fourth-order valence-electron chi connectivity index (χ4n) is 2.29. The van der Waals surface area contributed by atoms with Crippen molar-refractivity contribution in [2.45, 2.75) is 12.8 Å². The number of nitrogens with one attached hydrogen (secondary N) is 2. The molecule has 2 heterocycles. The fourth-order valence-corrected chi connectivity index (χ4v) is 3.56. The van der Waals surface area contributed by atoms with Crippen LogP contribution in [-0.2, 0) is 10.2 Å². The molecule has 0 aromatic carbocycles. The van der Waals surface area contributed by atoms with Crippen LogP contribution in [0.15, 0.2) is 0 Å². The van der Waals surface area contributed by atoms with Gasteiger partial charge >= 0.3 is 0 Å². The molecule has 0 atom stereocenters. The fraction of sp³-hybridized carbons (Fsp3) is 1.00. The third-order valence-electron chi connectivity index (χ3n) is 3.33. The van der Waals surface area contributed by atoms with Gasteiger partial charge in [0.15, 0.2) is 0 Å². The molecule has 19 heavy (non-hydrogen) atoms. The van der Waals surface area contributed by atoms with E-state index in [1.165, 1.54) is 0 Å². The Balaban J connectivity index is 0.00000162. The average Bonchev–Trinajstić information content (AvgIpc) is 2.84. The maximum Gasteiger partial charge on any atom is 0.279 e. The first-order valence-electron chi connectivity index (χ1n) is 6.36. The molecule has 0 aromatic rings. The molecular weight excluding hydrogens is 311 g/mol. The van der Waals surface area contributed by atoms with Crippen LogP contribution in [0, 0.1) is 0 Å². The van der Waals surface area contributed by atoms with Gasteiger partial charge < -0.3 is 5.32 Å². The minimum Gasteiger partial charge on any atom is -0.314 e. The van der Waals surface area contributed by atoms with Crippen molar-refractivity contribution in [1.82, 2.24) is 19.2 Å². The molecule has 0 radical (unpaired) electrons. The van der Waals surface area contributed by atoms with E-state index in [-0.39, 0.29) is 24.8 Å². The Morgan fingerprint density at radius 1 is 1.00 bits per heavy atom. The van der Waals surface area contributed by atoms with Gasteiger partial charge in [-0.05, 0) is 12.8 Å². The van der Waals surface area contributed by atoms with Gasteiger partial charge in [-0.2, -0.15) is 12.7 Å². The average molecular weight is 335 g/mol. The standard InChI is InChI=1S/C10H22N4O2S.2ClH/c15-17(16,14-6-1-2-7-14)12-5-10-13-8-3-11-4-9-13;;/h11-12H,1-10H2;2*1H. The van der Waals surface area contributed by atoms with Crippen molar-refractivity contribution in [1.29, 1.82) is 0 Å². The van der Waals surface area contributed by atoms with Crippen LogP contribution in [-0.4, -0.2) is 70.0 Å². The first kappa shape index (κ1) is 19.4. The van der Waals surface area contributed by atoms with Gasteiger partial charge in [0.2, 0.25) is 0 Å². The Morgan fingerprint density at radius 2 is 1.58 bits per heavy atom. The lowest BCUT2D eigenvalue weighted by Crippen LogP contribution is -2.47. The molecule has 2 saturated heterocycles. The predicted molar refractivity (Wildman–Crippen MR) is 81.5 cm³/mol. The lowest BCUT2D eigenvalue weighted by atomic mass is 10.3. The highest BCUT2D eigenvalue weighted by Gasteiger charge is 2.24. The minimum absolute atomic E-state index is 0. The van der Waals surface area contributed by atoms with Crippen LogP contribution in [0.3, 0.4) is 0 Å². The summed E-state index contributed by atoms with van der Waals surface area (Å²) in [5, 5.41) is 3.28. The number of nitrogens with zero attached hydrogens (tertiary/aromatic N) is 2.